The van der Waals surface area contributed by atoms with Gasteiger partial charge in [0, 0.05) is 6.54 Å². The van der Waals surface area contributed by atoms with E-state index in [9.17, 15) is 9.59 Å². The van der Waals surface area contributed by atoms with Crippen LogP contribution in [0.4, 0.5) is 0 Å². The van der Waals surface area contributed by atoms with Crippen LogP contribution in [-0.4, -0.2) is 30.1 Å². The zero-order valence-electron chi connectivity index (χ0n) is 13.8. The van der Waals surface area contributed by atoms with Crippen LogP contribution in [0.25, 0.3) is 0 Å². The van der Waals surface area contributed by atoms with E-state index in [1.165, 1.54) is 0 Å². The molecule has 2 N–H and O–H groups in total. The fraction of sp³-hybridized carbons (Fsp3) is 0.263. The summed E-state index contributed by atoms with van der Waals surface area (Å²) in [7, 11) is 0. The second kappa shape index (κ2) is 8.15. The Morgan fingerprint density at radius 1 is 1.08 bits per heavy atom. The highest BCUT2D eigenvalue weighted by molar-refractivity contribution is 5.87. The van der Waals surface area contributed by atoms with Gasteiger partial charge < -0.3 is 15.2 Å². The zero-order valence-corrected chi connectivity index (χ0v) is 13.8. The van der Waals surface area contributed by atoms with Crippen LogP contribution in [0.2, 0.25) is 0 Å². The Bertz CT molecular complexity index is 720. The third-order valence-electron chi connectivity index (χ3n) is 3.67. The molecule has 0 aliphatic heterocycles. The zero-order chi connectivity index (χ0) is 17.5. The third-order valence-corrected chi connectivity index (χ3v) is 3.67. The van der Waals surface area contributed by atoms with Crippen LogP contribution in [-0.2, 0) is 11.2 Å². The summed E-state index contributed by atoms with van der Waals surface area (Å²) in [6.45, 7) is 4.27. The number of carbonyl (C=O) groups excluding carboxylic acids is 1. The van der Waals surface area contributed by atoms with Gasteiger partial charge in [-0.05, 0) is 49.1 Å². The summed E-state index contributed by atoms with van der Waals surface area (Å²) in [6, 6.07) is 12.5. The normalized spacial score (nSPS) is 10.2. The number of benzene rings is 2. The number of carboxylic acids is 1. The first kappa shape index (κ1) is 17.5. The molecule has 5 heteroatoms. The van der Waals surface area contributed by atoms with Gasteiger partial charge in [0.15, 0.2) is 6.61 Å². The van der Waals surface area contributed by atoms with Gasteiger partial charge in [0.25, 0.3) is 5.91 Å². The lowest BCUT2D eigenvalue weighted by atomic mass is 10.1. The number of amides is 1. The highest BCUT2D eigenvalue weighted by Crippen LogP contribution is 2.21. The lowest BCUT2D eigenvalue weighted by Gasteiger charge is -2.12. The number of ether oxygens (including phenoxy) is 1. The van der Waals surface area contributed by atoms with E-state index in [4.69, 9.17) is 9.84 Å². The standard InChI is InChI=1S/C19H21NO4/c1-13-5-3-6-14(2)18(13)24-12-17(21)20-10-9-15-7-4-8-16(11-15)19(22)23/h3-8,11H,9-10,12H2,1-2H3,(H,20,21)(H,22,23). The largest absolute Gasteiger partial charge is 0.483 e. The average molecular weight is 327 g/mol. The minimum atomic E-state index is -0.956. The molecule has 0 aromatic heterocycles. The molecular formula is C19H21NO4. The maximum Gasteiger partial charge on any atom is 0.335 e. The minimum absolute atomic E-state index is 0.0408. The van der Waals surface area contributed by atoms with Gasteiger partial charge in [-0.3, -0.25) is 4.79 Å². The molecular weight excluding hydrogens is 306 g/mol. The number of hydrogen-bond acceptors (Lipinski definition) is 3. The topological polar surface area (TPSA) is 75.6 Å². The smallest absolute Gasteiger partial charge is 0.335 e. The molecule has 24 heavy (non-hydrogen) atoms. The highest BCUT2D eigenvalue weighted by Gasteiger charge is 2.07. The van der Waals surface area contributed by atoms with Crippen LogP contribution in [0.5, 0.6) is 5.75 Å². The molecule has 0 fully saturated rings. The van der Waals surface area contributed by atoms with Gasteiger partial charge in [-0.1, -0.05) is 30.3 Å². The lowest BCUT2D eigenvalue weighted by Crippen LogP contribution is -2.30. The van der Waals surface area contributed by atoms with Gasteiger partial charge in [0.1, 0.15) is 5.75 Å². The van der Waals surface area contributed by atoms with Crippen LogP contribution in [0.15, 0.2) is 42.5 Å². The molecule has 0 radical (unpaired) electrons. The first-order chi connectivity index (χ1) is 11.5. The molecule has 1 amide bonds. The molecule has 2 aromatic carbocycles. The summed E-state index contributed by atoms with van der Waals surface area (Å²) in [5.41, 5.74) is 3.10. The molecule has 2 rings (SSSR count). The molecule has 0 atom stereocenters. The van der Waals surface area contributed by atoms with Crippen molar-refractivity contribution < 1.29 is 19.4 Å². The summed E-state index contributed by atoms with van der Waals surface area (Å²) >= 11 is 0. The summed E-state index contributed by atoms with van der Waals surface area (Å²) in [5, 5.41) is 11.7. The van der Waals surface area contributed by atoms with E-state index in [2.05, 4.69) is 5.32 Å². The Labute approximate surface area is 141 Å². The maximum absolute atomic E-state index is 11.9. The van der Waals surface area contributed by atoms with Gasteiger partial charge in [0.2, 0.25) is 0 Å². The van der Waals surface area contributed by atoms with E-state index in [-0.39, 0.29) is 18.1 Å². The van der Waals surface area contributed by atoms with Crippen molar-refractivity contribution in [1.29, 1.82) is 0 Å². The molecule has 0 saturated heterocycles. The van der Waals surface area contributed by atoms with E-state index in [1.54, 1.807) is 18.2 Å². The summed E-state index contributed by atoms with van der Waals surface area (Å²) in [5.74, 6) is -0.420. The second-order valence-corrected chi connectivity index (χ2v) is 5.62. The molecule has 0 unspecified atom stereocenters. The summed E-state index contributed by atoms with van der Waals surface area (Å²) < 4.78 is 5.59. The number of para-hydroxylation sites is 1. The van der Waals surface area contributed by atoms with Crippen LogP contribution in [0.3, 0.4) is 0 Å². The predicted octanol–water partition coefficient (Wildman–Crippen LogP) is 2.74. The van der Waals surface area contributed by atoms with Crippen LogP contribution < -0.4 is 10.1 Å². The van der Waals surface area contributed by atoms with Crippen molar-refractivity contribution in [2.24, 2.45) is 0 Å². The van der Waals surface area contributed by atoms with Gasteiger partial charge in [-0.2, -0.15) is 0 Å². The van der Waals surface area contributed by atoms with Crippen molar-refractivity contribution in [2.45, 2.75) is 20.3 Å². The Morgan fingerprint density at radius 3 is 2.42 bits per heavy atom. The number of rotatable bonds is 7. The van der Waals surface area contributed by atoms with E-state index in [0.717, 1.165) is 22.4 Å². The molecule has 5 nitrogen and oxygen atoms in total. The second-order valence-electron chi connectivity index (χ2n) is 5.62. The fourth-order valence-electron chi connectivity index (χ4n) is 2.42. The number of carboxylic acid groups (broad SMARTS) is 1. The van der Waals surface area contributed by atoms with Gasteiger partial charge in [0.05, 0.1) is 5.56 Å². The van der Waals surface area contributed by atoms with E-state index >= 15 is 0 Å². The Morgan fingerprint density at radius 2 is 1.75 bits per heavy atom. The van der Waals surface area contributed by atoms with E-state index in [1.807, 2.05) is 38.1 Å². The molecule has 0 spiro atoms. The van der Waals surface area contributed by atoms with Crippen LogP contribution in [0.1, 0.15) is 27.0 Å². The van der Waals surface area contributed by atoms with Crippen molar-refractivity contribution >= 4 is 11.9 Å². The molecule has 0 aliphatic rings. The van der Waals surface area contributed by atoms with Gasteiger partial charge in [-0.25, -0.2) is 4.79 Å². The first-order valence-electron chi connectivity index (χ1n) is 7.75. The van der Waals surface area contributed by atoms with Crippen LogP contribution in [0, 0.1) is 13.8 Å². The van der Waals surface area contributed by atoms with Crippen molar-refractivity contribution in [3.63, 3.8) is 0 Å². The molecule has 0 heterocycles. The van der Waals surface area contributed by atoms with Crippen molar-refractivity contribution in [3.05, 3.63) is 64.7 Å². The molecule has 0 saturated carbocycles. The monoisotopic (exact) mass is 327 g/mol. The van der Waals surface area contributed by atoms with Crippen LogP contribution >= 0.6 is 0 Å². The highest BCUT2D eigenvalue weighted by atomic mass is 16.5. The van der Waals surface area contributed by atoms with Crippen molar-refractivity contribution in [3.8, 4) is 5.75 Å². The van der Waals surface area contributed by atoms with E-state index in [0.29, 0.717) is 13.0 Å². The number of nitrogens with one attached hydrogen (secondary N) is 1. The van der Waals surface area contributed by atoms with Gasteiger partial charge in [-0.15, -0.1) is 0 Å². The number of aromatic carboxylic acids is 1. The fourth-order valence-corrected chi connectivity index (χ4v) is 2.42. The summed E-state index contributed by atoms with van der Waals surface area (Å²) in [4.78, 5) is 22.8. The quantitative estimate of drug-likeness (QED) is 0.820. The number of carbonyl (C=O) groups is 2. The summed E-state index contributed by atoms with van der Waals surface area (Å²) in [6.07, 6.45) is 0.566. The van der Waals surface area contributed by atoms with Crippen molar-refractivity contribution in [2.75, 3.05) is 13.2 Å². The Kier molecular flexibility index (Phi) is 5.95. The Balaban J connectivity index is 1.79. The Hall–Kier alpha value is -2.82. The minimum Gasteiger partial charge on any atom is -0.483 e. The SMILES string of the molecule is Cc1cccc(C)c1OCC(=O)NCCc1cccc(C(=O)O)c1. The van der Waals surface area contributed by atoms with E-state index < -0.39 is 5.97 Å². The van der Waals surface area contributed by atoms with Crippen molar-refractivity contribution in [1.82, 2.24) is 5.32 Å². The molecule has 126 valence electrons. The molecule has 2 aromatic rings. The maximum atomic E-state index is 11.9. The first-order valence-corrected chi connectivity index (χ1v) is 7.75. The predicted molar refractivity (Wildman–Crippen MR) is 91.5 cm³/mol. The lowest BCUT2D eigenvalue weighted by molar-refractivity contribution is -0.123. The third kappa shape index (κ3) is 4.84. The molecule has 0 bridgehead atoms. The number of aryl methyl sites for hydroxylation is 2. The average Bonchev–Trinajstić information content (AvgIpc) is 2.54. The number of hydrogen-bond donors (Lipinski definition) is 2. The molecule has 0 aliphatic carbocycles. The van der Waals surface area contributed by atoms with Gasteiger partial charge >= 0.3 is 5.97 Å².